The molecule has 1 aromatic carbocycles. The molecule has 1 atom stereocenters. The molecule has 1 aliphatic heterocycles. The van der Waals surface area contributed by atoms with Crippen LogP contribution in [0.1, 0.15) is 24.3 Å². The minimum absolute atomic E-state index is 0.0984. The number of hydrogen-bond acceptors (Lipinski definition) is 2. The van der Waals surface area contributed by atoms with Crippen molar-refractivity contribution in [3.8, 4) is 0 Å². The summed E-state index contributed by atoms with van der Waals surface area (Å²) in [5.41, 5.74) is 1.46. The van der Waals surface area contributed by atoms with Gasteiger partial charge in [0.1, 0.15) is 5.92 Å². The second-order valence-electron chi connectivity index (χ2n) is 5.18. The number of nitrogens with zero attached hydrogens (tertiary/aromatic N) is 2. The lowest BCUT2D eigenvalue weighted by atomic mass is 10.0. The molecular weight excluding hydrogens is 244 g/mol. The van der Waals surface area contributed by atoms with E-state index in [0.29, 0.717) is 6.04 Å². The van der Waals surface area contributed by atoms with Crippen molar-refractivity contribution in [3.05, 3.63) is 29.8 Å². The number of hydrogen-bond donors (Lipinski definition) is 1. The van der Waals surface area contributed by atoms with Crippen LogP contribution in [0.2, 0.25) is 0 Å². The lowest BCUT2D eigenvalue weighted by Gasteiger charge is -2.25. The van der Waals surface area contributed by atoms with Gasteiger partial charge in [0, 0.05) is 25.3 Å². The summed E-state index contributed by atoms with van der Waals surface area (Å²) in [5, 5.41) is 9.27. The average Bonchev–Trinajstić information content (AvgIpc) is 3.17. The number of aliphatic carboxylic acids is 1. The van der Waals surface area contributed by atoms with E-state index >= 15 is 0 Å². The Morgan fingerprint density at radius 3 is 2.63 bits per heavy atom. The van der Waals surface area contributed by atoms with Crippen molar-refractivity contribution in [3.63, 3.8) is 0 Å². The fourth-order valence-corrected chi connectivity index (χ4v) is 2.61. The predicted octanol–water partition coefficient (Wildman–Crippen LogP) is 1.89. The molecule has 1 aliphatic carbocycles. The molecule has 0 bridgehead atoms. The largest absolute Gasteiger partial charge is 0.481 e. The molecule has 0 saturated heterocycles. The number of carboxylic acids is 1. The number of carboxylic acid groups (broad SMARTS) is 1. The number of amides is 2. The van der Waals surface area contributed by atoms with Crippen molar-refractivity contribution in [2.24, 2.45) is 0 Å². The molecule has 100 valence electrons. The van der Waals surface area contributed by atoms with Crippen LogP contribution < -0.4 is 4.90 Å². The summed E-state index contributed by atoms with van der Waals surface area (Å²) < 4.78 is 0. The van der Waals surface area contributed by atoms with E-state index in [2.05, 4.69) is 0 Å². The molecule has 1 N–H and O–H groups in total. The van der Waals surface area contributed by atoms with E-state index in [-0.39, 0.29) is 12.6 Å². The van der Waals surface area contributed by atoms with Crippen LogP contribution in [0.5, 0.6) is 0 Å². The Morgan fingerprint density at radius 1 is 1.32 bits per heavy atom. The molecule has 2 aliphatic rings. The highest BCUT2D eigenvalue weighted by molar-refractivity contribution is 5.98. The van der Waals surface area contributed by atoms with Crippen LogP contribution in [0.15, 0.2) is 24.3 Å². The van der Waals surface area contributed by atoms with Crippen molar-refractivity contribution >= 4 is 17.7 Å². The van der Waals surface area contributed by atoms with Crippen molar-refractivity contribution in [2.45, 2.75) is 24.8 Å². The molecule has 0 spiro atoms. The number of urea groups is 1. The highest BCUT2D eigenvalue weighted by atomic mass is 16.4. The van der Waals surface area contributed by atoms with Gasteiger partial charge in [-0.15, -0.1) is 0 Å². The zero-order valence-corrected chi connectivity index (χ0v) is 10.7. The van der Waals surface area contributed by atoms with Gasteiger partial charge in [0.2, 0.25) is 0 Å². The van der Waals surface area contributed by atoms with Gasteiger partial charge < -0.3 is 10.0 Å². The van der Waals surface area contributed by atoms with Crippen LogP contribution in [0.3, 0.4) is 0 Å². The van der Waals surface area contributed by atoms with Crippen LogP contribution in [-0.2, 0) is 4.79 Å². The third-order valence-corrected chi connectivity index (χ3v) is 3.89. The van der Waals surface area contributed by atoms with Gasteiger partial charge in [-0.25, -0.2) is 4.79 Å². The van der Waals surface area contributed by atoms with E-state index in [1.807, 2.05) is 18.2 Å². The van der Waals surface area contributed by atoms with Crippen molar-refractivity contribution < 1.29 is 14.7 Å². The van der Waals surface area contributed by atoms with Gasteiger partial charge in [-0.2, -0.15) is 0 Å². The lowest BCUT2D eigenvalue weighted by molar-refractivity contribution is -0.138. The van der Waals surface area contributed by atoms with Crippen LogP contribution in [0.4, 0.5) is 10.5 Å². The Bertz CT molecular complexity index is 539. The Balaban J connectivity index is 1.91. The predicted molar refractivity (Wildman–Crippen MR) is 70.3 cm³/mol. The minimum atomic E-state index is -0.878. The third-order valence-electron chi connectivity index (χ3n) is 3.89. The first-order valence-electron chi connectivity index (χ1n) is 6.45. The monoisotopic (exact) mass is 260 g/mol. The van der Waals surface area contributed by atoms with Gasteiger partial charge >= 0.3 is 12.0 Å². The number of anilines is 1. The number of carbonyl (C=O) groups is 2. The quantitative estimate of drug-likeness (QED) is 0.883. The summed E-state index contributed by atoms with van der Waals surface area (Å²) in [5.74, 6) is -1.50. The number of fused-ring (bicyclic) bond motifs is 1. The smallest absolute Gasteiger partial charge is 0.324 e. The number of para-hydroxylation sites is 1. The molecule has 1 saturated carbocycles. The van der Waals surface area contributed by atoms with E-state index in [0.717, 1.165) is 24.1 Å². The van der Waals surface area contributed by atoms with Gasteiger partial charge in [0.15, 0.2) is 0 Å². The molecule has 0 aromatic heterocycles. The highest BCUT2D eigenvalue weighted by Crippen LogP contribution is 2.37. The maximum absolute atomic E-state index is 12.4. The molecule has 1 aromatic rings. The molecule has 0 radical (unpaired) electrons. The van der Waals surface area contributed by atoms with Crippen LogP contribution in [-0.4, -0.2) is 41.6 Å². The Labute approximate surface area is 111 Å². The molecule has 2 amide bonds. The van der Waals surface area contributed by atoms with Crippen LogP contribution >= 0.6 is 0 Å². The fourth-order valence-electron chi connectivity index (χ4n) is 2.61. The number of carbonyl (C=O) groups excluding carboxylic acids is 1. The molecule has 5 nitrogen and oxygen atoms in total. The Hall–Kier alpha value is -2.04. The molecule has 5 heteroatoms. The Morgan fingerprint density at radius 2 is 2.00 bits per heavy atom. The summed E-state index contributed by atoms with van der Waals surface area (Å²) in [6, 6.07) is 7.48. The summed E-state index contributed by atoms with van der Waals surface area (Å²) in [6.07, 6.45) is 2.08. The zero-order valence-electron chi connectivity index (χ0n) is 10.7. The third kappa shape index (κ3) is 1.95. The second-order valence-corrected chi connectivity index (χ2v) is 5.18. The maximum atomic E-state index is 12.4. The van der Waals surface area contributed by atoms with Gasteiger partial charge in [-0.1, -0.05) is 18.2 Å². The first kappa shape index (κ1) is 12.0. The molecule has 19 heavy (non-hydrogen) atoms. The van der Waals surface area contributed by atoms with Crippen LogP contribution in [0, 0.1) is 0 Å². The highest BCUT2D eigenvalue weighted by Gasteiger charge is 2.40. The van der Waals surface area contributed by atoms with Gasteiger partial charge in [-0.05, 0) is 24.5 Å². The van der Waals surface area contributed by atoms with Crippen molar-refractivity contribution in [2.75, 3.05) is 18.5 Å². The van der Waals surface area contributed by atoms with Crippen molar-refractivity contribution in [1.82, 2.24) is 4.90 Å². The molecule has 1 unspecified atom stereocenters. The number of benzene rings is 1. The Kier molecular flexibility index (Phi) is 2.69. The molecular formula is C14H16N2O3. The average molecular weight is 260 g/mol. The first-order valence-corrected chi connectivity index (χ1v) is 6.45. The lowest BCUT2D eigenvalue weighted by Crippen LogP contribution is -2.42. The summed E-state index contributed by atoms with van der Waals surface area (Å²) in [7, 11) is 1.79. The molecule has 1 heterocycles. The normalized spacial score (nSPS) is 21.1. The van der Waals surface area contributed by atoms with E-state index in [1.54, 1.807) is 22.9 Å². The number of rotatable bonds is 2. The van der Waals surface area contributed by atoms with Gasteiger partial charge in [-0.3, -0.25) is 9.69 Å². The fraction of sp³-hybridized carbons (Fsp3) is 0.429. The van der Waals surface area contributed by atoms with Crippen LogP contribution in [0.25, 0.3) is 0 Å². The summed E-state index contributed by atoms with van der Waals surface area (Å²) >= 11 is 0. The summed E-state index contributed by atoms with van der Waals surface area (Å²) in [6.45, 7) is 0.227. The maximum Gasteiger partial charge on any atom is 0.324 e. The van der Waals surface area contributed by atoms with Crippen molar-refractivity contribution in [1.29, 1.82) is 0 Å². The topological polar surface area (TPSA) is 60.9 Å². The molecule has 3 rings (SSSR count). The second kappa shape index (κ2) is 4.26. The standard InChI is InChI=1S/C14H16N2O3/c1-15(9-6-7-9)14(19)16-8-11(13(17)18)10-4-2-3-5-12(10)16/h2-5,9,11H,6-8H2,1H3,(H,17,18). The SMILES string of the molecule is CN(C(=O)N1CC(C(=O)O)c2ccccc21)C1CC1. The van der Waals surface area contributed by atoms with Gasteiger partial charge in [0.25, 0.3) is 0 Å². The van der Waals surface area contributed by atoms with E-state index in [9.17, 15) is 14.7 Å². The van der Waals surface area contributed by atoms with E-state index in [1.165, 1.54) is 0 Å². The molecule has 1 fully saturated rings. The summed E-state index contributed by atoms with van der Waals surface area (Å²) in [4.78, 5) is 27.0. The van der Waals surface area contributed by atoms with E-state index < -0.39 is 11.9 Å². The first-order chi connectivity index (χ1) is 9.09. The minimum Gasteiger partial charge on any atom is -0.481 e. The van der Waals surface area contributed by atoms with E-state index in [4.69, 9.17) is 0 Å². The van der Waals surface area contributed by atoms with Gasteiger partial charge in [0.05, 0.1) is 0 Å². The zero-order chi connectivity index (χ0) is 13.6.